The molecule has 1 aromatic carbocycles. The summed E-state index contributed by atoms with van der Waals surface area (Å²) < 4.78 is 5.83. The Labute approximate surface area is 157 Å². The van der Waals surface area contributed by atoms with E-state index in [1.54, 1.807) is 18.6 Å². The number of anilines is 1. The van der Waals surface area contributed by atoms with E-state index in [0.717, 1.165) is 17.7 Å². The standard InChI is InChI=1S/C19H20ClN5O/c1-13(21)8-14-2-4-17(5-3-14)26-18-9-15(6-7-22-18)10-23-19-24-11-16(20)12-25-19/h2-7,9,11-13H,8,10,21H2,1H3,(H,23,24,25). The van der Waals surface area contributed by atoms with Gasteiger partial charge in [-0.05, 0) is 42.7 Å². The SMILES string of the molecule is CC(N)Cc1ccc(Oc2cc(CNc3ncc(Cl)cn3)ccn2)cc1. The van der Waals surface area contributed by atoms with Crippen molar-refractivity contribution in [1.29, 1.82) is 0 Å². The van der Waals surface area contributed by atoms with E-state index >= 15 is 0 Å². The zero-order chi connectivity index (χ0) is 18.4. The number of pyridine rings is 1. The average molecular weight is 370 g/mol. The van der Waals surface area contributed by atoms with Crippen LogP contribution in [0, 0.1) is 0 Å². The smallest absolute Gasteiger partial charge is 0.222 e. The molecule has 0 aliphatic heterocycles. The molecule has 0 radical (unpaired) electrons. The van der Waals surface area contributed by atoms with E-state index in [0.29, 0.717) is 23.4 Å². The van der Waals surface area contributed by atoms with E-state index in [4.69, 9.17) is 22.1 Å². The molecule has 1 unspecified atom stereocenters. The summed E-state index contributed by atoms with van der Waals surface area (Å²) in [5, 5.41) is 3.63. The maximum Gasteiger partial charge on any atom is 0.222 e. The Balaban J connectivity index is 1.60. The zero-order valence-corrected chi connectivity index (χ0v) is 15.1. The topological polar surface area (TPSA) is 86.0 Å². The fourth-order valence-corrected chi connectivity index (χ4v) is 2.48. The summed E-state index contributed by atoms with van der Waals surface area (Å²) in [7, 11) is 0. The Morgan fingerprint density at radius 2 is 1.81 bits per heavy atom. The third-order valence-corrected chi connectivity index (χ3v) is 3.77. The monoisotopic (exact) mass is 369 g/mol. The predicted octanol–water partition coefficient (Wildman–Crippen LogP) is 3.82. The van der Waals surface area contributed by atoms with Gasteiger partial charge in [0.25, 0.3) is 0 Å². The quantitative estimate of drug-likeness (QED) is 0.658. The number of nitrogens with two attached hydrogens (primary N) is 1. The highest BCUT2D eigenvalue weighted by atomic mass is 35.5. The lowest BCUT2D eigenvalue weighted by molar-refractivity contribution is 0.462. The number of halogens is 1. The molecule has 3 rings (SSSR count). The van der Waals surface area contributed by atoms with Crippen molar-refractivity contribution in [1.82, 2.24) is 15.0 Å². The van der Waals surface area contributed by atoms with Crippen LogP contribution in [0.2, 0.25) is 5.02 Å². The number of rotatable bonds is 7. The Kier molecular flexibility index (Phi) is 5.99. The van der Waals surface area contributed by atoms with Crippen molar-refractivity contribution in [2.45, 2.75) is 25.9 Å². The van der Waals surface area contributed by atoms with Gasteiger partial charge >= 0.3 is 0 Å². The van der Waals surface area contributed by atoms with Crippen LogP contribution in [0.25, 0.3) is 0 Å². The second-order valence-electron chi connectivity index (χ2n) is 6.01. The van der Waals surface area contributed by atoms with Crippen molar-refractivity contribution in [3.05, 3.63) is 71.1 Å². The molecule has 0 amide bonds. The lowest BCUT2D eigenvalue weighted by atomic mass is 10.1. The predicted molar refractivity (Wildman–Crippen MR) is 102 cm³/mol. The van der Waals surface area contributed by atoms with Gasteiger partial charge in [0.15, 0.2) is 0 Å². The highest BCUT2D eigenvalue weighted by Gasteiger charge is 2.03. The second kappa shape index (κ2) is 8.60. The van der Waals surface area contributed by atoms with Crippen LogP contribution in [0.5, 0.6) is 11.6 Å². The third kappa shape index (κ3) is 5.40. The Hall–Kier alpha value is -2.70. The maximum atomic E-state index is 5.83. The van der Waals surface area contributed by atoms with Crippen LogP contribution in [0.3, 0.4) is 0 Å². The Morgan fingerprint density at radius 1 is 1.08 bits per heavy atom. The molecule has 0 spiro atoms. The highest BCUT2D eigenvalue weighted by Crippen LogP contribution is 2.21. The van der Waals surface area contributed by atoms with E-state index in [1.807, 2.05) is 43.3 Å². The minimum Gasteiger partial charge on any atom is -0.439 e. The summed E-state index contributed by atoms with van der Waals surface area (Å²) in [4.78, 5) is 12.5. The number of nitrogens with zero attached hydrogens (tertiary/aromatic N) is 3. The van der Waals surface area contributed by atoms with E-state index in [1.165, 1.54) is 5.56 Å². The molecule has 2 heterocycles. The number of hydrogen-bond acceptors (Lipinski definition) is 6. The van der Waals surface area contributed by atoms with E-state index < -0.39 is 0 Å². The van der Waals surface area contributed by atoms with Crippen molar-refractivity contribution < 1.29 is 4.74 Å². The third-order valence-electron chi connectivity index (χ3n) is 3.57. The van der Waals surface area contributed by atoms with Gasteiger partial charge in [-0.1, -0.05) is 23.7 Å². The summed E-state index contributed by atoms with van der Waals surface area (Å²) >= 11 is 5.78. The number of aromatic nitrogens is 3. The minimum atomic E-state index is 0.136. The first-order chi connectivity index (χ1) is 12.6. The van der Waals surface area contributed by atoms with Crippen LogP contribution < -0.4 is 15.8 Å². The summed E-state index contributed by atoms with van der Waals surface area (Å²) in [5.41, 5.74) is 8.00. The summed E-state index contributed by atoms with van der Waals surface area (Å²) in [6.07, 6.45) is 5.64. The average Bonchev–Trinajstić information content (AvgIpc) is 2.63. The van der Waals surface area contributed by atoms with Gasteiger partial charge in [-0.25, -0.2) is 15.0 Å². The first-order valence-corrected chi connectivity index (χ1v) is 8.65. The molecule has 2 aromatic heterocycles. The van der Waals surface area contributed by atoms with Crippen molar-refractivity contribution in [3.63, 3.8) is 0 Å². The molecule has 3 N–H and O–H groups in total. The number of benzene rings is 1. The van der Waals surface area contributed by atoms with Crippen LogP contribution in [-0.2, 0) is 13.0 Å². The molecule has 26 heavy (non-hydrogen) atoms. The van der Waals surface area contributed by atoms with E-state index in [9.17, 15) is 0 Å². The second-order valence-corrected chi connectivity index (χ2v) is 6.44. The Morgan fingerprint density at radius 3 is 2.50 bits per heavy atom. The van der Waals surface area contributed by atoms with E-state index in [-0.39, 0.29) is 6.04 Å². The van der Waals surface area contributed by atoms with Crippen LogP contribution in [0.15, 0.2) is 55.0 Å². The fraction of sp³-hybridized carbons (Fsp3) is 0.211. The van der Waals surface area contributed by atoms with Crippen molar-refractivity contribution in [3.8, 4) is 11.6 Å². The minimum absolute atomic E-state index is 0.136. The molecular formula is C19H20ClN5O. The van der Waals surface area contributed by atoms with Gasteiger partial charge in [0.05, 0.1) is 17.4 Å². The molecular weight excluding hydrogens is 350 g/mol. The molecule has 6 nitrogen and oxygen atoms in total. The van der Waals surface area contributed by atoms with Crippen LogP contribution in [0.4, 0.5) is 5.95 Å². The van der Waals surface area contributed by atoms with Crippen molar-refractivity contribution in [2.75, 3.05) is 5.32 Å². The molecule has 0 bridgehead atoms. The first-order valence-electron chi connectivity index (χ1n) is 8.27. The molecule has 1 atom stereocenters. The summed E-state index contributed by atoms with van der Waals surface area (Å²) in [6.45, 7) is 2.54. The molecule has 3 aromatic rings. The number of hydrogen-bond donors (Lipinski definition) is 2. The van der Waals surface area contributed by atoms with Crippen molar-refractivity contribution in [2.24, 2.45) is 5.73 Å². The summed E-state index contributed by atoms with van der Waals surface area (Å²) in [5.74, 6) is 1.77. The lowest BCUT2D eigenvalue weighted by Gasteiger charge is -2.09. The van der Waals surface area contributed by atoms with Gasteiger partial charge in [0.1, 0.15) is 5.75 Å². The number of nitrogens with one attached hydrogen (secondary N) is 1. The van der Waals surface area contributed by atoms with Gasteiger partial charge in [0, 0.05) is 24.8 Å². The lowest BCUT2D eigenvalue weighted by Crippen LogP contribution is -2.17. The molecule has 0 saturated heterocycles. The van der Waals surface area contributed by atoms with Crippen LogP contribution >= 0.6 is 11.6 Å². The first kappa shape index (κ1) is 18.1. The number of ether oxygens (including phenoxy) is 1. The summed E-state index contributed by atoms with van der Waals surface area (Å²) in [6, 6.07) is 11.8. The molecule has 134 valence electrons. The molecule has 0 aliphatic carbocycles. The Bertz CT molecular complexity index is 837. The van der Waals surface area contributed by atoms with Crippen LogP contribution in [-0.4, -0.2) is 21.0 Å². The molecule has 0 saturated carbocycles. The van der Waals surface area contributed by atoms with Gasteiger partial charge in [-0.3, -0.25) is 0 Å². The van der Waals surface area contributed by atoms with Crippen LogP contribution in [0.1, 0.15) is 18.1 Å². The van der Waals surface area contributed by atoms with Crippen molar-refractivity contribution >= 4 is 17.5 Å². The largest absolute Gasteiger partial charge is 0.439 e. The normalized spacial score (nSPS) is 11.8. The molecule has 7 heteroatoms. The highest BCUT2D eigenvalue weighted by molar-refractivity contribution is 6.30. The zero-order valence-electron chi connectivity index (χ0n) is 14.4. The van der Waals surface area contributed by atoms with E-state index in [2.05, 4.69) is 20.3 Å². The van der Waals surface area contributed by atoms with Gasteiger partial charge in [0.2, 0.25) is 11.8 Å². The van der Waals surface area contributed by atoms with Gasteiger partial charge < -0.3 is 15.8 Å². The van der Waals surface area contributed by atoms with Gasteiger partial charge in [-0.2, -0.15) is 0 Å². The molecule has 0 fully saturated rings. The molecule has 0 aliphatic rings. The fourth-order valence-electron chi connectivity index (χ4n) is 2.39. The van der Waals surface area contributed by atoms with Gasteiger partial charge in [-0.15, -0.1) is 0 Å². The maximum absolute atomic E-state index is 5.83.